The fraction of sp³-hybridized carbons (Fsp3) is 0.211. The first-order valence-electron chi connectivity index (χ1n) is 8.38. The van der Waals surface area contributed by atoms with Gasteiger partial charge in [-0.05, 0) is 34.1 Å². The molecule has 2 aromatic heterocycles. The highest BCUT2D eigenvalue weighted by molar-refractivity contribution is 9.10. The van der Waals surface area contributed by atoms with E-state index in [1.807, 2.05) is 11.4 Å². The van der Waals surface area contributed by atoms with Gasteiger partial charge in [-0.3, -0.25) is 9.36 Å². The molecular weight excluding hydrogens is 463 g/mol. The van der Waals surface area contributed by atoms with Gasteiger partial charge in [0.05, 0.1) is 17.9 Å². The quantitative estimate of drug-likeness (QED) is 0.341. The summed E-state index contributed by atoms with van der Waals surface area (Å²) in [5.74, 6) is 0.254. The van der Waals surface area contributed by atoms with E-state index < -0.39 is 0 Å². The molecule has 0 aliphatic carbocycles. The Morgan fingerprint density at radius 3 is 2.89 bits per heavy atom. The second kappa shape index (κ2) is 9.49. The van der Waals surface area contributed by atoms with Crippen molar-refractivity contribution >= 4 is 44.9 Å². The van der Waals surface area contributed by atoms with Crippen LogP contribution in [0.4, 0.5) is 4.39 Å². The number of hydrogen-bond acceptors (Lipinski definition) is 5. The third kappa shape index (κ3) is 4.89. The number of benzene rings is 1. The van der Waals surface area contributed by atoms with Crippen LogP contribution < -0.4 is 0 Å². The van der Waals surface area contributed by atoms with Crippen molar-refractivity contribution in [3.8, 4) is 11.4 Å². The maximum Gasteiger partial charge on any atom is 0.233 e. The lowest BCUT2D eigenvalue weighted by molar-refractivity contribution is -0.127. The predicted molar refractivity (Wildman–Crippen MR) is 115 cm³/mol. The minimum atomic E-state index is -0.366. The van der Waals surface area contributed by atoms with Gasteiger partial charge >= 0.3 is 0 Å². The third-order valence-electron chi connectivity index (χ3n) is 3.91. The van der Waals surface area contributed by atoms with Gasteiger partial charge in [0.15, 0.2) is 11.0 Å². The summed E-state index contributed by atoms with van der Waals surface area (Å²) in [6, 6.07) is 8.42. The number of thiophene rings is 1. The molecule has 2 heterocycles. The van der Waals surface area contributed by atoms with Crippen molar-refractivity contribution in [1.29, 1.82) is 0 Å². The lowest BCUT2D eigenvalue weighted by Gasteiger charge is -2.16. The van der Waals surface area contributed by atoms with Crippen LogP contribution in [-0.4, -0.2) is 38.4 Å². The van der Waals surface area contributed by atoms with Gasteiger partial charge in [-0.25, -0.2) is 4.39 Å². The van der Waals surface area contributed by atoms with Crippen LogP contribution in [-0.2, 0) is 17.9 Å². The highest BCUT2D eigenvalue weighted by Gasteiger charge is 2.18. The number of rotatable bonds is 8. The summed E-state index contributed by atoms with van der Waals surface area (Å²) in [6.07, 6.45) is 1.69. The number of amides is 1. The lowest BCUT2D eigenvalue weighted by atomic mass is 10.2. The second-order valence-corrected chi connectivity index (χ2v) is 8.81. The molecule has 3 rings (SSSR count). The zero-order valence-electron chi connectivity index (χ0n) is 15.1. The third-order valence-corrected chi connectivity index (χ3v) is 6.54. The van der Waals surface area contributed by atoms with Crippen molar-refractivity contribution in [2.75, 3.05) is 12.8 Å². The van der Waals surface area contributed by atoms with Gasteiger partial charge in [-0.1, -0.05) is 30.0 Å². The van der Waals surface area contributed by atoms with Crippen LogP contribution >= 0.6 is 39.0 Å². The molecule has 0 atom stereocenters. The molecule has 146 valence electrons. The van der Waals surface area contributed by atoms with Gasteiger partial charge < -0.3 is 4.90 Å². The monoisotopic (exact) mass is 480 g/mol. The Hall–Kier alpha value is -1.97. The van der Waals surface area contributed by atoms with Crippen molar-refractivity contribution < 1.29 is 9.18 Å². The summed E-state index contributed by atoms with van der Waals surface area (Å²) in [5, 5.41) is 10.8. The van der Waals surface area contributed by atoms with Crippen LogP contribution in [0.25, 0.3) is 11.4 Å². The maximum atomic E-state index is 14.2. The number of hydrogen-bond donors (Lipinski definition) is 0. The molecular formula is C19H18BrFN4OS2. The van der Waals surface area contributed by atoms with E-state index >= 15 is 0 Å². The van der Waals surface area contributed by atoms with Crippen molar-refractivity contribution in [3.05, 3.63) is 63.5 Å². The molecule has 28 heavy (non-hydrogen) atoms. The van der Waals surface area contributed by atoms with Crippen LogP contribution in [0.2, 0.25) is 0 Å². The summed E-state index contributed by atoms with van der Waals surface area (Å²) in [5.41, 5.74) is 0.371. The van der Waals surface area contributed by atoms with Crippen LogP contribution in [0.3, 0.4) is 0 Å². The Labute approximate surface area is 179 Å². The van der Waals surface area contributed by atoms with E-state index in [0.717, 1.165) is 9.35 Å². The van der Waals surface area contributed by atoms with E-state index in [2.05, 4.69) is 32.7 Å². The van der Waals surface area contributed by atoms with Gasteiger partial charge in [0.2, 0.25) is 5.91 Å². The molecule has 3 aromatic rings. The fourth-order valence-corrected chi connectivity index (χ4v) is 4.92. The molecule has 1 aromatic carbocycles. The first kappa shape index (κ1) is 20.8. The molecule has 9 heteroatoms. The molecule has 0 N–H and O–H groups in total. The molecule has 0 unspecified atom stereocenters. The Kier molecular flexibility index (Phi) is 7.03. The van der Waals surface area contributed by atoms with Gasteiger partial charge in [-0.2, -0.15) is 0 Å². The minimum Gasteiger partial charge on any atom is -0.340 e. The SMILES string of the molecule is C=CCn1c(SCC(=O)N(C)Cc2cc(Br)cs2)nnc1-c1ccccc1F. The largest absolute Gasteiger partial charge is 0.340 e. The molecule has 5 nitrogen and oxygen atoms in total. The molecule has 0 aliphatic rings. The van der Waals surface area contributed by atoms with E-state index in [1.54, 1.807) is 52.1 Å². The van der Waals surface area contributed by atoms with Crippen LogP contribution in [0.5, 0.6) is 0 Å². The molecule has 0 bridgehead atoms. The second-order valence-electron chi connectivity index (χ2n) is 5.96. The number of nitrogens with zero attached hydrogens (tertiary/aromatic N) is 4. The number of allylic oxidation sites excluding steroid dienone is 1. The normalized spacial score (nSPS) is 10.8. The molecule has 0 fully saturated rings. The Morgan fingerprint density at radius 2 is 2.21 bits per heavy atom. The van der Waals surface area contributed by atoms with E-state index in [0.29, 0.717) is 29.6 Å². The van der Waals surface area contributed by atoms with Gasteiger partial charge in [0, 0.05) is 28.3 Å². The molecule has 0 spiro atoms. The first-order valence-corrected chi connectivity index (χ1v) is 11.0. The van der Waals surface area contributed by atoms with E-state index in [1.165, 1.54) is 17.8 Å². The number of thioether (sulfide) groups is 1. The van der Waals surface area contributed by atoms with E-state index in [4.69, 9.17) is 0 Å². The topological polar surface area (TPSA) is 51.0 Å². The van der Waals surface area contributed by atoms with Crippen LogP contribution in [0.15, 0.2) is 58.0 Å². The average molecular weight is 481 g/mol. The summed E-state index contributed by atoms with van der Waals surface area (Å²) < 4.78 is 16.9. The Bertz CT molecular complexity index is 988. The predicted octanol–water partition coefficient (Wildman–Crippen LogP) is 4.84. The van der Waals surface area contributed by atoms with Crippen molar-refractivity contribution in [3.63, 3.8) is 0 Å². The fourth-order valence-electron chi connectivity index (χ4n) is 2.53. The summed E-state index contributed by atoms with van der Waals surface area (Å²) >= 11 is 6.30. The first-order chi connectivity index (χ1) is 13.5. The van der Waals surface area contributed by atoms with Gasteiger partial charge in [-0.15, -0.1) is 28.1 Å². The highest BCUT2D eigenvalue weighted by atomic mass is 79.9. The van der Waals surface area contributed by atoms with Crippen molar-refractivity contribution in [2.24, 2.45) is 0 Å². The van der Waals surface area contributed by atoms with Gasteiger partial charge in [0.1, 0.15) is 5.82 Å². The molecule has 0 saturated heterocycles. The highest BCUT2D eigenvalue weighted by Crippen LogP contribution is 2.26. The number of carbonyl (C=O) groups is 1. The molecule has 0 radical (unpaired) electrons. The average Bonchev–Trinajstić information content (AvgIpc) is 3.26. The Morgan fingerprint density at radius 1 is 1.43 bits per heavy atom. The molecule has 1 amide bonds. The molecule has 0 saturated carbocycles. The zero-order chi connectivity index (χ0) is 20.1. The standard InChI is InChI=1S/C19H18BrFN4OS2/c1-3-8-25-18(15-6-4-5-7-16(15)21)22-23-19(25)28-12-17(26)24(2)10-14-9-13(20)11-27-14/h3-7,9,11H,1,8,10,12H2,2H3. The number of halogens is 2. The summed E-state index contributed by atoms with van der Waals surface area (Å²) in [6.45, 7) is 4.72. The minimum absolute atomic E-state index is 0.0184. The lowest BCUT2D eigenvalue weighted by Crippen LogP contribution is -2.27. The van der Waals surface area contributed by atoms with E-state index in [-0.39, 0.29) is 17.5 Å². The van der Waals surface area contributed by atoms with Gasteiger partial charge in [0.25, 0.3) is 0 Å². The summed E-state index contributed by atoms with van der Waals surface area (Å²) in [7, 11) is 1.77. The van der Waals surface area contributed by atoms with Crippen LogP contribution in [0.1, 0.15) is 4.88 Å². The zero-order valence-corrected chi connectivity index (χ0v) is 18.4. The van der Waals surface area contributed by atoms with E-state index in [9.17, 15) is 9.18 Å². The summed E-state index contributed by atoms with van der Waals surface area (Å²) in [4.78, 5) is 15.3. The Balaban J connectivity index is 1.71. The van der Waals surface area contributed by atoms with Crippen LogP contribution in [0, 0.1) is 5.82 Å². The smallest absolute Gasteiger partial charge is 0.233 e. The molecule has 0 aliphatic heterocycles. The maximum absolute atomic E-state index is 14.2. The van der Waals surface area contributed by atoms with Crippen molar-refractivity contribution in [1.82, 2.24) is 19.7 Å². The number of carbonyl (C=O) groups excluding carboxylic acids is 1. The van der Waals surface area contributed by atoms with Crippen molar-refractivity contribution in [2.45, 2.75) is 18.2 Å². The number of aromatic nitrogens is 3.